The summed E-state index contributed by atoms with van der Waals surface area (Å²) in [4.78, 5) is 24.6. The predicted molar refractivity (Wildman–Crippen MR) is 148 cm³/mol. The van der Waals surface area contributed by atoms with E-state index in [4.69, 9.17) is 0 Å². The minimum Gasteiger partial charge on any atom is -0.370 e. The molecule has 196 valence electrons. The Morgan fingerprint density at radius 2 is 1.94 bits per heavy atom. The molecule has 0 saturated carbocycles. The van der Waals surface area contributed by atoms with E-state index in [1.165, 1.54) is 6.42 Å². The van der Waals surface area contributed by atoms with Gasteiger partial charge in [0.05, 0.1) is 40.5 Å². The summed E-state index contributed by atoms with van der Waals surface area (Å²) in [7, 11) is 0. The molecule has 2 atom stereocenters. The van der Waals surface area contributed by atoms with Crippen LogP contribution in [-0.2, 0) is 4.79 Å². The molecular formula is C29H44N6O. The molecule has 2 aliphatic heterocycles. The van der Waals surface area contributed by atoms with Crippen LogP contribution in [-0.4, -0.2) is 74.0 Å². The van der Waals surface area contributed by atoms with Crippen molar-refractivity contribution in [3.8, 4) is 0 Å². The van der Waals surface area contributed by atoms with E-state index < -0.39 is 0 Å². The highest BCUT2D eigenvalue weighted by atomic mass is 16.2. The third-order valence-electron chi connectivity index (χ3n) is 7.08. The molecule has 7 nitrogen and oxygen atoms in total. The zero-order chi connectivity index (χ0) is 26.4. The first-order valence-electron chi connectivity index (χ1n) is 13.5. The largest absolute Gasteiger partial charge is 0.370 e. The highest BCUT2D eigenvalue weighted by molar-refractivity contribution is 5.95. The van der Waals surface area contributed by atoms with Crippen molar-refractivity contribution in [2.75, 3.05) is 32.7 Å². The molecule has 7 heteroatoms. The number of nitrogens with zero attached hydrogens (tertiary/aromatic N) is 6. The number of amides is 1. The van der Waals surface area contributed by atoms with Gasteiger partial charge in [-0.1, -0.05) is 33.8 Å². The highest BCUT2D eigenvalue weighted by Gasteiger charge is 2.27. The Labute approximate surface area is 217 Å². The number of hydrogen-bond donors (Lipinski definition) is 0. The van der Waals surface area contributed by atoms with E-state index in [0.29, 0.717) is 5.92 Å². The third-order valence-corrected chi connectivity index (χ3v) is 7.08. The van der Waals surface area contributed by atoms with Crippen molar-refractivity contribution in [3.05, 3.63) is 59.5 Å². The van der Waals surface area contributed by atoms with Gasteiger partial charge in [0.2, 0.25) is 0 Å². The number of hydrogen-bond acceptors (Lipinski definition) is 5. The quantitative estimate of drug-likeness (QED) is 0.505. The van der Waals surface area contributed by atoms with Gasteiger partial charge < -0.3 is 14.7 Å². The molecule has 0 aromatic carbocycles. The first kappa shape index (κ1) is 27.7. The number of carbonyl (C=O) groups excluding carboxylic acids is 1. The van der Waals surface area contributed by atoms with Gasteiger partial charge in [0.15, 0.2) is 0 Å². The van der Waals surface area contributed by atoms with Crippen molar-refractivity contribution >= 4 is 17.0 Å². The predicted octanol–water partition coefficient (Wildman–Crippen LogP) is 5.07. The molecule has 36 heavy (non-hydrogen) atoms. The number of rotatable bonds is 7. The Kier molecular flexibility index (Phi) is 9.49. The molecule has 0 aliphatic carbocycles. The Balaban J connectivity index is 0.00000176. The summed E-state index contributed by atoms with van der Waals surface area (Å²) >= 11 is 0. The van der Waals surface area contributed by atoms with Gasteiger partial charge in [0, 0.05) is 31.9 Å². The average molecular weight is 493 g/mol. The number of carbonyl (C=O) groups is 1. The second-order valence-corrected chi connectivity index (χ2v) is 9.64. The second-order valence-electron chi connectivity index (χ2n) is 9.64. The van der Waals surface area contributed by atoms with Gasteiger partial charge in [-0.05, 0) is 70.8 Å². The second kappa shape index (κ2) is 12.3. The van der Waals surface area contributed by atoms with Crippen molar-refractivity contribution in [3.63, 3.8) is 0 Å². The molecule has 0 bridgehead atoms. The number of fused-ring (bicyclic) bond motifs is 1. The molecule has 1 unspecified atom stereocenters. The Hall–Kier alpha value is -2.93. The van der Waals surface area contributed by atoms with Gasteiger partial charge in [-0.3, -0.25) is 9.78 Å². The van der Waals surface area contributed by atoms with E-state index in [-0.39, 0.29) is 11.9 Å². The van der Waals surface area contributed by atoms with Gasteiger partial charge in [0.25, 0.3) is 5.91 Å². The summed E-state index contributed by atoms with van der Waals surface area (Å²) in [5.41, 5.74) is 5.60. The van der Waals surface area contributed by atoms with Gasteiger partial charge in [-0.25, -0.2) is 4.52 Å². The van der Waals surface area contributed by atoms with Crippen molar-refractivity contribution < 1.29 is 4.79 Å². The zero-order valence-electron chi connectivity index (χ0n) is 23.5. The van der Waals surface area contributed by atoms with Crippen LogP contribution in [0.5, 0.6) is 0 Å². The lowest BCUT2D eigenvalue weighted by Gasteiger charge is -2.31. The van der Waals surface area contributed by atoms with Crippen LogP contribution in [0.2, 0.25) is 0 Å². The van der Waals surface area contributed by atoms with E-state index in [1.807, 2.05) is 62.5 Å². The molecule has 0 radical (unpaired) electrons. The maximum atomic E-state index is 13.3. The van der Waals surface area contributed by atoms with Crippen LogP contribution < -0.4 is 0 Å². The molecule has 1 saturated heterocycles. The Morgan fingerprint density at radius 1 is 1.22 bits per heavy atom. The Morgan fingerprint density at radius 3 is 2.64 bits per heavy atom. The first-order valence-corrected chi connectivity index (χ1v) is 13.5. The molecule has 0 spiro atoms. The average Bonchev–Trinajstić information content (AvgIpc) is 3.51. The maximum absolute atomic E-state index is 13.3. The lowest BCUT2D eigenvalue weighted by molar-refractivity contribution is -0.124. The summed E-state index contributed by atoms with van der Waals surface area (Å²) in [6.45, 7) is 21.8. The van der Waals surface area contributed by atoms with Gasteiger partial charge in [0.1, 0.15) is 0 Å². The SMILES string of the molecule is CC.CCN(CC)C[C@@H]1CCN(C2=CN(C(=O)/C=C(\C)c3cc4c(C)nc(C)cn4n3)C(C)C=C2)C1. The summed E-state index contributed by atoms with van der Waals surface area (Å²) in [6, 6.07) is 2.02. The lowest BCUT2D eigenvalue weighted by atomic mass is 10.1. The smallest absolute Gasteiger partial charge is 0.251 e. The van der Waals surface area contributed by atoms with Crippen LogP contribution in [0.4, 0.5) is 0 Å². The minimum atomic E-state index is -0.0196. The fourth-order valence-electron chi connectivity index (χ4n) is 4.97. The maximum Gasteiger partial charge on any atom is 0.251 e. The molecule has 4 heterocycles. The summed E-state index contributed by atoms with van der Waals surface area (Å²) in [6.07, 6.45) is 11.1. The molecule has 4 rings (SSSR count). The van der Waals surface area contributed by atoms with Crippen LogP contribution in [0, 0.1) is 19.8 Å². The molecular weight excluding hydrogens is 448 g/mol. The number of allylic oxidation sites excluding steroid dienone is 2. The summed E-state index contributed by atoms with van der Waals surface area (Å²) in [5.74, 6) is 0.658. The Bertz CT molecular complexity index is 1140. The summed E-state index contributed by atoms with van der Waals surface area (Å²) < 4.78 is 1.85. The van der Waals surface area contributed by atoms with E-state index in [9.17, 15) is 4.79 Å². The standard InChI is InChI=1S/C27H38N6O.C2H6/c1-7-30(8-2)16-23-11-12-31(17-23)24-10-9-21(5)32(18-24)27(34)13-19(3)25-14-26-22(6)28-20(4)15-33(26)29-25;1-2/h9-10,13-15,18,21,23H,7-8,11-12,16-17H2,1-6H3;1-2H3/b19-13+;/t21?,23-;/m0./s1. The van der Waals surface area contributed by atoms with Gasteiger partial charge in [-0.2, -0.15) is 5.10 Å². The van der Waals surface area contributed by atoms with E-state index in [1.54, 1.807) is 6.08 Å². The first-order chi connectivity index (χ1) is 17.3. The topological polar surface area (TPSA) is 57.0 Å². The van der Waals surface area contributed by atoms with Crippen LogP contribution in [0.1, 0.15) is 65.0 Å². The van der Waals surface area contributed by atoms with Crippen molar-refractivity contribution in [2.45, 2.75) is 67.9 Å². The van der Waals surface area contributed by atoms with E-state index >= 15 is 0 Å². The fourth-order valence-corrected chi connectivity index (χ4v) is 4.97. The van der Waals surface area contributed by atoms with Crippen molar-refractivity contribution in [2.24, 2.45) is 5.92 Å². The van der Waals surface area contributed by atoms with Gasteiger partial charge in [-0.15, -0.1) is 0 Å². The normalized spacial score (nSPS) is 20.1. The highest BCUT2D eigenvalue weighted by Crippen LogP contribution is 2.26. The van der Waals surface area contributed by atoms with E-state index in [0.717, 1.165) is 66.6 Å². The molecule has 2 aliphatic rings. The monoisotopic (exact) mass is 492 g/mol. The number of aromatic nitrogens is 3. The van der Waals surface area contributed by atoms with Crippen LogP contribution in [0.25, 0.3) is 11.1 Å². The number of aryl methyl sites for hydroxylation is 2. The van der Waals surface area contributed by atoms with Crippen LogP contribution in [0.3, 0.4) is 0 Å². The molecule has 2 aromatic heterocycles. The molecule has 1 amide bonds. The van der Waals surface area contributed by atoms with Crippen molar-refractivity contribution in [1.29, 1.82) is 0 Å². The minimum absolute atomic E-state index is 0.0181. The summed E-state index contributed by atoms with van der Waals surface area (Å²) in [5, 5.41) is 4.67. The van der Waals surface area contributed by atoms with E-state index in [2.05, 4.69) is 52.8 Å². The molecule has 1 fully saturated rings. The molecule has 2 aromatic rings. The number of likely N-dealkylation sites (tertiary alicyclic amines) is 1. The fraction of sp³-hybridized carbons (Fsp3) is 0.552. The van der Waals surface area contributed by atoms with Crippen LogP contribution >= 0.6 is 0 Å². The zero-order valence-corrected chi connectivity index (χ0v) is 23.5. The van der Waals surface area contributed by atoms with Crippen molar-refractivity contribution in [1.82, 2.24) is 29.3 Å². The third kappa shape index (κ3) is 6.25. The lowest BCUT2D eigenvalue weighted by Crippen LogP contribution is -2.36. The molecule has 0 N–H and O–H groups in total. The van der Waals surface area contributed by atoms with Crippen LogP contribution in [0.15, 0.2) is 42.4 Å². The van der Waals surface area contributed by atoms with Gasteiger partial charge >= 0.3 is 0 Å².